The molecule has 1 aliphatic rings. The lowest BCUT2D eigenvalue weighted by molar-refractivity contribution is -0.394. The average Bonchev–Trinajstić information content (AvgIpc) is 3.06. The number of aromatic nitrogens is 5. The van der Waals surface area contributed by atoms with E-state index in [0.717, 1.165) is 45.1 Å². The summed E-state index contributed by atoms with van der Waals surface area (Å²) in [6.45, 7) is 5.27. The molecule has 138 valence electrons. The predicted octanol–water partition coefficient (Wildman–Crippen LogP) is 1.03. The van der Waals surface area contributed by atoms with E-state index in [1.807, 2.05) is 6.07 Å². The van der Waals surface area contributed by atoms with Gasteiger partial charge >= 0.3 is 5.95 Å². The maximum atomic E-state index is 10.5. The summed E-state index contributed by atoms with van der Waals surface area (Å²) >= 11 is 0. The van der Waals surface area contributed by atoms with Crippen molar-refractivity contribution >= 4 is 36.7 Å². The van der Waals surface area contributed by atoms with Crippen LogP contribution in [0, 0.1) is 10.1 Å². The van der Waals surface area contributed by atoms with Crippen molar-refractivity contribution in [1.82, 2.24) is 29.6 Å². The Morgan fingerprint density at radius 2 is 1.72 bits per heavy atom. The highest BCUT2D eigenvalue weighted by Crippen LogP contribution is 2.10. The molecule has 0 radical (unpaired) electrons. The fourth-order valence-corrected chi connectivity index (χ4v) is 2.56. The lowest BCUT2D eigenvalue weighted by Gasteiger charge is -2.34. The van der Waals surface area contributed by atoms with E-state index in [-0.39, 0.29) is 30.8 Å². The molecule has 1 aliphatic heterocycles. The van der Waals surface area contributed by atoms with Crippen LogP contribution in [0.15, 0.2) is 24.8 Å². The van der Waals surface area contributed by atoms with Gasteiger partial charge in [0.05, 0.1) is 6.54 Å². The number of anilines is 1. The van der Waals surface area contributed by atoms with Crippen LogP contribution in [0.1, 0.15) is 6.42 Å². The van der Waals surface area contributed by atoms with Crippen molar-refractivity contribution in [3.8, 4) is 0 Å². The summed E-state index contributed by atoms with van der Waals surface area (Å²) in [6, 6.07) is 1.81. The first kappa shape index (κ1) is 21.0. The molecule has 0 bridgehead atoms. The van der Waals surface area contributed by atoms with Gasteiger partial charge in [-0.2, -0.15) is 4.68 Å². The number of hydrogen-bond donors (Lipinski definition) is 0. The number of hydrogen-bond acceptors (Lipinski definition) is 8. The average molecular weight is 391 g/mol. The van der Waals surface area contributed by atoms with Crippen LogP contribution in [0.25, 0.3) is 0 Å². The van der Waals surface area contributed by atoms with Crippen molar-refractivity contribution in [3.63, 3.8) is 0 Å². The number of aryl methyl sites for hydroxylation is 1. The van der Waals surface area contributed by atoms with Gasteiger partial charge in [0.2, 0.25) is 12.3 Å². The molecular weight excluding hydrogens is 371 g/mol. The zero-order chi connectivity index (χ0) is 16.1. The highest BCUT2D eigenvalue weighted by Gasteiger charge is 2.18. The van der Waals surface area contributed by atoms with E-state index in [9.17, 15) is 10.1 Å². The number of piperazine rings is 1. The van der Waals surface area contributed by atoms with Gasteiger partial charge in [-0.25, -0.2) is 9.97 Å². The van der Waals surface area contributed by atoms with Gasteiger partial charge < -0.3 is 15.0 Å². The monoisotopic (exact) mass is 390 g/mol. The van der Waals surface area contributed by atoms with E-state index in [1.54, 1.807) is 12.4 Å². The smallest absolute Gasteiger partial charge is 0.390 e. The molecule has 3 rings (SSSR count). The first-order valence-corrected chi connectivity index (χ1v) is 7.50. The Morgan fingerprint density at radius 1 is 1.04 bits per heavy atom. The van der Waals surface area contributed by atoms with E-state index >= 15 is 0 Å². The summed E-state index contributed by atoms with van der Waals surface area (Å²) in [7, 11) is 0. The van der Waals surface area contributed by atoms with Crippen LogP contribution in [0.4, 0.5) is 11.9 Å². The molecule has 0 unspecified atom stereocenters. The first-order chi connectivity index (χ1) is 11.2. The summed E-state index contributed by atoms with van der Waals surface area (Å²) < 4.78 is 1.52. The van der Waals surface area contributed by atoms with E-state index in [4.69, 9.17) is 0 Å². The Morgan fingerprint density at radius 3 is 2.32 bits per heavy atom. The zero-order valence-electron chi connectivity index (χ0n) is 13.5. The minimum Gasteiger partial charge on any atom is -0.390 e. The molecule has 0 atom stereocenters. The van der Waals surface area contributed by atoms with Crippen molar-refractivity contribution in [2.45, 2.75) is 13.0 Å². The van der Waals surface area contributed by atoms with Gasteiger partial charge in [-0.05, 0) is 17.4 Å². The lowest BCUT2D eigenvalue weighted by Crippen LogP contribution is -2.47. The lowest BCUT2D eigenvalue weighted by atomic mass is 10.3. The maximum absolute atomic E-state index is 10.5. The van der Waals surface area contributed by atoms with Crippen LogP contribution < -0.4 is 4.90 Å². The molecule has 10 nitrogen and oxygen atoms in total. The van der Waals surface area contributed by atoms with Gasteiger partial charge in [0.1, 0.15) is 0 Å². The normalized spacial score (nSPS) is 14.5. The second-order valence-electron chi connectivity index (χ2n) is 5.30. The summed E-state index contributed by atoms with van der Waals surface area (Å²) in [5.41, 5.74) is 0. The van der Waals surface area contributed by atoms with Crippen LogP contribution in [-0.2, 0) is 6.54 Å². The molecule has 0 saturated carbocycles. The SMILES string of the molecule is Cl.Cl.O=[N+]([O-])c1ncn(CCCN2CCN(c3ncccn3)CC2)n1. The molecule has 25 heavy (non-hydrogen) atoms. The second-order valence-corrected chi connectivity index (χ2v) is 5.30. The van der Waals surface area contributed by atoms with Gasteiger partial charge in [-0.15, -0.1) is 24.8 Å². The molecular formula is C13H20Cl2N8O2. The van der Waals surface area contributed by atoms with Crippen LogP contribution in [0.3, 0.4) is 0 Å². The molecule has 3 heterocycles. The van der Waals surface area contributed by atoms with Gasteiger partial charge in [0.15, 0.2) is 0 Å². The molecule has 12 heteroatoms. The number of rotatable bonds is 6. The fraction of sp³-hybridized carbons (Fsp3) is 0.538. The summed E-state index contributed by atoms with van der Waals surface area (Å²) in [5.74, 6) is 0.434. The van der Waals surface area contributed by atoms with Gasteiger partial charge in [0, 0.05) is 50.2 Å². The third kappa shape index (κ3) is 5.76. The molecule has 1 saturated heterocycles. The highest BCUT2D eigenvalue weighted by molar-refractivity contribution is 5.85. The Hall–Kier alpha value is -2.04. The van der Waals surface area contributed by atoms with Crippen LogP contribution in [-0.4, -0.2) is 67.3 Å². The Kier molecular flexibility index (Phi) is 8.46. The van der Waals surface area contributed by atoms with E-state index in [1.165, 1.54) is 11.0 Å². The quantitative estimate of drug-likeness (QED) is 0.531. The Balaban J connectivity index is 0.00000156. The van der Waals surface area contributed by atoms with E-state index in [2.05, 4.69) is 29.9 Å². The second kappa shape index (κ2) is 10.1. The van der Waals surface area contributed by atoms with Crippen molar-refractivity contribution in [2.75, 3.05) is 37.6 Å². The Bertz CT molecular complexity index is 648. The minimum absolute atomic E-state index is 0. The molecule has 0 amide bonds. The molecule has 2 aromatic heterocycles. The number of nitro groups is 1. The third-order valence-electron chi connectivity index (χ3n) is 3.76. The molecule has 0 N–H and O–H groups in total. The third-order valence-corrected chi connectivity index (χ3v) is 3.76. The van der Waals surface area contributed by atoms with Crippen molar-refractivity contribution in [2.24, 2.45) is 0 Å². The van der Waals surface area contributed by atoms with Gasteiger partial charge in [-0.1, -0.05) is 4.98 Å². The van der Waals surface area contributed by atoms with Crippen molar-refractivity contribution < 1.29 is 4.92 Å². The van der Waals surface area contributed by atoms with Gasteiger partial charge in [-0.3, -0.25) is 4.90 Å². The van der Waals surface area contributed by atoms with Crippen LogP contribution in [0.5, 0.6) is 0 Å². The topological polar surface area (TPSA) is 106 Å². The maximum Gasteiger partial charge on any atom is 0.490 e. The van der Waals surface area contributed by atoms with Crippen molar-refractivity contribution in [1.29, 1.82) is 0 Å². The molecule has 0 spiro atoms. The zero-order valence-corrected chi connectivity index (χ0v) is 15.1. The van der Waals surface area contributed by atoms with Crippen LogP contribution in [0.2, 0.25) is 0 Å². The molecule has 2 aromatic rings. The fourth-order valence-electron chi connectivity index (χ4n) is 2.56. The number of halogens is 2. The molecule has 0 aromatic carbocycles. The summed E-state index contributed by atoms with van der Waals surface area (Å²) in [4.78, 5) is 26.7. The van der Waals surface area contributed by atoms with E-state index < -0.39 is 4.92 Å². The van der Waals surface area contributed by atoms with E-state index in [0.29, 0.717) is 6.54 Å². The highest BCUT2D eigenvalue weighted by atomic mass is 35.5. The molecule has 0 aliphatic carbocycles. The van der Waals surface area contributed by atoms with Gasteiger partial charge in [0.25, 0.3) is 0 Å². The minimum atomic E-state index is -0.582. The van der Waals surface area contributed by atoms with Crippen LogP contribution >= 0.6 is 24.8 Å². The largest absolute Gasteiger partial charge is 0.490 e. The summed E-state index contributed by atoms with van der Waals surface area (Å²) in [5, 5.41) is 14.3. The predicted molar refractivity (Wildman–Crippen MR) is 96.5 cm³/mol. The standard InChI is InChI=1S/C13H18N8O2.2ClH/c22-21(23)13-16-11-20(17-13)6-2-5-18-7-9-19(10-8-18)12-14-3-1-4-15-12;;/h1,3-4,11H,2,5-10H2;2*1H. The first-order valence-electron chi connectivity index (χ1n) is 7.50. The molecule has 1 fully saturated rings. The number of nitrogens with zero attached hydrogens (tertiary/aromatic N) is 8. The Labute approximate surface area is 157 Å². The van der Waals surface area contributed by atoms with Crippen molar-refractivity contribution in [3.05, 3.63) is 34.9 Å². The summed E-state index contributed by atoms with van der Waals surface area (Å²) in [6.07, 6.45) is 5.79.